The van der Waals surface area contributed by atoms with Crippen LogP contribution >= 0.6 is 10.5 Å². The Labute approximate surface area is 126 Å². The molecule has 0 aromatic carbocycles. The third-order valence-electron chi connectivity index (χ3n) is 2.45. The summed E-state index contributed by atoms with van der Waals surface area (Å²) in [5.74, 6) is -1.48. The number of nitrogens with zero attached hydrogens (tertiary/aromatic N) is 1. The number of hydrogen-bond donors (Lipinski definition) is 4. The van der Waals surface area contributed by atoms with Crippen molar-refractivity contribution in [2.75, 3.05) is 32.9 Å². The molecule has 1 amide bonds. The van der Waals surface area contributed by atoms with E-state index in [9.17, 15) is 14.4 Å². The molecule has 0 spiro atoms. The number of carbonyl (C=O) groups excluding carboxylic acids is 1. The Bertz CT molecular complexity index is 412. The molecule has 2 atom stereocenters. The molecule has 0 aliphatic carbocycles. The lowest BCUT2D eigenvalue weighted by Gasteiger charge is -2.08. The molecule has 122 valence electrons. The minimum absolute atomic E-state index is 0.0901. The Morgan fingerprint density at radius 2 is 2.10 bits per heavy atom. The third kappa shape index (κ3) is 9.99. The highest BCUT2D eigenvalue weighted by Gasteiger charge is 2.14. The van der Waals surface area contributed by atoms with Crippen LogP contribution in [0.5, 0.6) is 0 Å². The minimum atomic E-state index is -1.29. The predicted molar refractivity (Wildman–Crippen MR) is 83.0 cm³/mol. The van der Waals surface area contributed by atoms with Crippen LogP contribution in [-0.4, -0.2) is 76.6 Å². The maximum Gasteiger partial charge on any atom is 0.321 e. The molecule has 21 heavy (non-hydrogen) atoms. The molecule has 9 heteroatoms. The highest BCUT2D eigenvalue weighted by molar-refractivity contribution is 8.28. The number of aliphatic carboxylic acids is 2. The van der Waals surface area contributed by atoms with Gasteiger partial charge in [0.2, 0.25) is 0 Å². The van der Waals surface area contributed by atoms with Gasteiger partial charge in [-0.1, -0.05) is 0 Å². The molecule has 0 aromatic rings. The Morgan fingerprint density at radius 1 is 1.48 bits per heavy atom. The van der Waals surface area contributed by atoms with E-state index in [0.29, 0.717) is 0 Å². The summed E-state index contributed by atoms with van der Waals surface area (Å²) >= 11 is 0. The van der Waals surface area contributed by atoms with E-state index < -0.39 is 24.4 Å². The predicted octanol–water partition coefficient (Wildman–Crippen LogP) is -0.395. The second kappa shape index (κ2) is 10.3. The number of carboxylic acids is 2. The summed E-state index contributed by atoms with van der Waals surface area (Å²) in [5.41, 5.74) is 4.84. The van der Waals surface area contributed by atoms with Crippen molar-refractivity contribution in [2.45, 2.75) is 18.9 Å². The van der Waals surface area contributed by atoms with E-state index in [1.54, 1.807) is 0 Å². The molecule has 1 rings (SSSR count). The molecule has 1 aliphatic rings. The van der Waals surface area contributed by atoms with Crippen molar-refractivity contribution in [1.82, 2.24) is 10.2 Å². The van der Waals surface area contributed by atoms with Gasteiger partial charge in [0.25, 0.3) is 5.24 Å². The van der Waals surface area contributed by atoms with E-state index in [-0.39, 0.29) is 15.7 Å². The van der Waals surface area contributed by atoms with E-state index in [2.05, 4.69) is 29.7 Å². The molecule has 1 heterocycles. The first-order chi connectivity index (χ1) is 9.73. The summed E-state index contributed by atoms with van der Waals surface area (Å²) in [5, 5.41) is 21.2. The Hall–Kier alpha value is -1.45. The van der Waals surface area contributed by atoms with Gasteiger partial charge in [0.1, 0.15) is 6.04 Å². The van der Waals surface area contributed by atoms with Gasteiger partial charge in [-0.05, 0) is 38.2 Å². The van der Waals surface area contributed by atoms with E-state index >= 15 is 0 Å². The molecule has 5 N–H and O–H groups in total. The van der Waals surface area contributed by atoms with E-state index in [1.165, 1.54) is 0 Å². The van der Waals surface area contributed by atoms with Crippen LogP contribution in [0.4, 0.5) is 4.79 Å². The van der Waals surface area contributed by atoms with Gasteiger partial charge in [-0.2, -0.15) is 0 Å². The zero-order valence-electron chi connectivity index (χ0n) is 12.2. The average Bonchev–Trinajstić information content (AvgIpc) is 2.74. The van der Waals surface area contributed by atoms with Crippen LogP contribution in [0.25, 0.3) is 0 Å². The van der Waals surface area contributed by atoms with Crippen LogP contribution in [0.2, 0.25) is 0 Å². The van der Waals surface area contributed by atoms with Crippen LogP contribution in [0.3, 0.4) is 0 Å². The van der Waals surface area contributed by atoms with Gasteiger partial charge in [0, 0.05) is 6.54 Å². The summed E-state index contributed by atoms with van der Waals surface area (Å²) in [7, 11) is 4.02. The fourth-order valence-corrected chi connectivity index (χ4v) is 2.88. The smallest absolute Gasteiger partial charge is 0.321 e. The summed E-state index contributed by atoms with van der Waals surface area (Å²) in [4.78, 5) is 32.9. The highest BCUT2D eigenvalue weighted by atomic mass is 32.2. The summed E-state index contributed by atoms with van der Waals surface area (Å²) < 4.78 is 0. The van der Waals surface area contributed by atoms with Crippen molar-refractivity contribution in [2.24, 2.45) is 5.73 Å². The maximum atomic E-state index is 11.1. The van der Waals surface area contributed by atoms with Gasteiger partial charge in [-0.15, -0.1) is 10.5 Å². The van der Waals surface area contributed by atoms with Crippen molar-refractivity contribution >= 4 is 33.0 Å². The standard InChI is InChI=1S/C8H16N2OS.C4H7NO4/c1-10(2)5-3-6-12-7-4-9-8(12)11;5-2(4(8)9)1-3(6)7/h7H,3-6H2,1-2H3,(H,9,11);2H,1,5H2,(H,6,7)(H,8,9)/t;2-/m.0/s1. The zero-order chi connectivity index (χ0) is 16.4. The number of carboxylic acid groups (broad SMARTS) is 2. The van der Waals surface area contributed by atoms with Crippen molar-refractivity contribution in [3.05, 3.63) is 0 Å². The molecule has 0 saturated carbocycles. The molecule has 0 fully saturated rings. The summed E-state index contributed by atoms with van der Waals surface area (Å²) in [6, 6.07) is -1.29. The number of hydrogen-bond acceptors (Lipinski definition) is 5. The molecule has 0 bridgehead atoms. The first-order valence-corrected chi connectivity index (χ1v) is 7.85. The van der Waals surface area contributed by atoms with Gasteiger partial charge < -0.3 is 26.2 Å². The van der Waals surface area contributed by atoms with Crippen LogP contribution in [0.15, 0.2) is 0 Å². The molecule has 0 aromatic heterocycles. The largest absolute Gasteiger partial charge is 0.481 e. The first-order valence-electron chi connectivity index (χ1n) is 6.39. The average molecular weight is 321 g/mol. The van der Waals surface area contributed by atoms with E-state index in [4.69, 9.17) is 15.9 Å². The van der Waals surface area contributed by atoms with Gasteiger partial charge in [0.15, 0.2) is 0 Å². The van der Waals surface area contributed by atoms with Gasteiger partial charge >= 0.3 is 11.9 Å². The molecular weight excluding hydrogens is 298 g/mol. The maximum absolute atomic E-state index is 11.1. The number of amides is 1. The van der Waals surface area contributed by atoms with E-state index in [0.717, 1.165) is 25.3 Å². The van der Waals surface area contributed by atoms with Crippen molar-refractivity contribution in [3.8, 4) is 0 Å². The van der Waals surface area contributed by atoms with Crippen molar-refractivity contribution in [1.29, 1.82) is 0 Å². The topological polar surface area (TPSA) is 133 Å². The number of nitrogens with one attached hydrogen (secondary N) is 1. The molecule has 1 aliphatic heterocycles. The number of carbonyl (C=O) groups is 3. The normalized spacial score (nSPS) is 18.3. The van der Waals surface area contributed by atoms with Gasteiger partial charge in [-0.3, -0.25) is 14.4 Å². The fourth-order valence-electron chi connectivity index (χ4n) is 1.38. The van der Waals surface area contributed by atoms with Gasteiger partial charge in [0.05, 0.1) is 6.42 Å². The van der Waals surface area contributed by atoms with E-state index in [1.807, 2.05) is 0 Å². The van der Waals surface area contributed by atoms with Crippen molar-refractivity contribution in [3.63, 3.8) is 0 Å². The second-order valence-electron chi connectivity index (χ2n) is 4.67. The molecule has 0 saturated heterocycles. The van der Waals surface area contributed by atoms with Crippen LogP contribution < -0.4 is 11.1 Å². The lowest BCUT2D eigenvalue weighted by molar-refractivity contribution is -0.144. The minimum Gasteiger partial charge on any atom is -0.481 e. The summed E-state index contributed by atoms with van der Waals surface area (Å²) in [6.45, 7) is 1.84. The summed E-state index contributed by atoms with van der Waals surface area (Å²) in [6.07, 6.45) is 0.579. The highest BCUT2D eigenvalue weighted by Crippen LogP contribution is 2.17. The molecule has 0 radical (unpaired) electrons. The number of rotatable bonds is 7. The number of nitrogens with two attached hydrogens (primary N) is 1. The fraction of sp³-hybridized carbons (Fsp3) is 0.667. The molecule has 1 unspecified atom stereocenters. The molecular formula is C12H23N3O5S. The Kier molecular flexibility index (Phi) is 9.59. The van der Waals surface area contributed by atoms with Crippen molar-refractivity contribution < 1.29 is 24.6 Å². The Balaban J connectivity index is 0.000000400. The third-order valence-corrected chi connectivity index (χ3v) is 4.37. The first kappa shape index (κ1) is 19.6. The van der Waals surface area contributed by atoms with Crippen LogP contribution in [0, 0.1) is 0 Å². The lowest BCUT2D eigenvalue weighted by Crippen LogP contribution is -2.32. The quantitative estimate of drug-likeness (QED) is 0.469. The van der Waals surface area contributed by atoms with Crippen LogP contribution in [0.1, 0.15) is 12.8 Å². The lowest BCUT2D eigenvalue weighted by atomic mass is 10.2. The SMILES string of the molecule is CN(C)CCCS1=CCNC1=O.N[C@@H](CC(=O)O)C(=O)O. The second-order valence-corrected chi connectivity index (χ2v) is 6.64. The van der Waals surface area contributed by atoms with Crippen LogP contribution in [-0.2, 0) is 9.59 Å². The Morgan fingerprint density at radius 3 is 2.43 bits per heavy atom. The van der Waals surface area contributed by atoms with Gasteiger partial charge in [-0.25, -0.2) is 0 Å². The monoisotopic (exact) mass is 321 g/mol. The zero-order valence-corrected chi connectivity index (χ0v) is 13.1. The molecule has 8 nitrogen and oxygen atoms in total.